The van der Waals surface area contributed by atoms with Crippen LogP contribution in [0.25, 0.3) is 0 Å². The Morgan fingerprint density at radius 2 is 1.77 bits per heavy atom. The first-order valence-electron chi connectivity index (χ1n) is 13.8. The molecule has 0 bridgehead atoms. The van der Waals surface area contributed by atoms with E-state index in [0.717, 1.165) is 49.9 Å². The number of fused-ring (bicyclic) bond motifs is 1. The summed E-state index contributed by atoms with van der Waals surface area (Å²) in [5, 5.41) is 5.38. The topological polar surface area (TPSA) is 111 Å². The highest BCUT2D eigenvalue weighted by Crippen LogP contribution is 2.33. The fourth-order valence-electron chi connectivity index (χ4n) is 6.01. The van der Waals surface area contributed by atoms with Gasteiger partial charge in [-0.15, -0.1) is 0 Å². The van der Waals surface area contributed by atoms with Crippen molar-refractivity contribution in [3.8, 4) is 0 Å². The van der Waals surface area contributed by atoms with Crippen LogP contribution in [-0.2, 0) is 27.4 Å². The summed E-state index contributed by atoms with van der Waals surface area (Å²) in [5.74, 6) is -2.26. The van der Waals surface area contributed by atoms with Crippen molar-refractivity contribution in [3.63, 3.8) is 0 Å². The van der Waals surface area contributed by atoms with Crippen LogP contribution >= 0.6 is 0 Å². The maximum Gasteiger partial charge on any atom is 0.263 e. The number of hydrogen-bond donors (Lipinski definition) is 2. The molecule has 2 aromatic carbocycles. The molecular weight excluding hydrogens is 517 g/mol. The number of ether oxygens (including phenoxy) is 1. The largest absolute Gasteiger partial charge is 0.380 e. The van der Waals surface area contributed by atoms with Crippen molar-refractivity contribution < 1.29 is 28.3 Å². The Morgan fingerprint density at radius 3 is 2.55 bits per heavy atom. The maximum absolute atomic E-state index is 15.0. The zero-order valence-electron chi connectivity index (χ0n) is 22.2. The molecule has 1 atom stereocenters. The van der Waals surface area contributed by atoms with Gasteiger partial charge >= 0.3 is 0 Å². The molecule has 10 nitrogen and oxygen atoms in total. The van der Waals surface area contributed by atoms with Gasteiger partial charge in [0.25, 0.3) is 11.8 Å². The van der Waals surface area contributed by atoms with Gasteiger partial charge in [-0.2, -0.15) is 0 Å². The molecule has 3 saturated heterocycles. The number of nitrogens with one attached hydrogen (secondary N) is 2. The number of carbonyl (C=O) groups excluding carboxylic acids is 4. The number of halogens is 1. The number of anilines is 1. The number of imide groups is 2. The normalized spacial score (nSPS) is 22.6. The number of rotatable bonds is 7. The van der Waals surface area contributed by atoms with Crippen molar-refractivity contribution >= 4 is 29.3 Å². The molecule has 4 heterocycles. The SMILES string of the molecule is O=C1CC[C@H](N2C(=O)c3cccc(NCc4ccc(CN5CC(N6CCOCC6)C5)cc4F)c3C2=O)CC(=O)N1. The van der Waals surface area contributed by atoms with E-state index in [2.05, 4.69) is 20.4 Å². The van der Waals surface area contributed by atoms with E-state index in [-0.39, 0.29) is 42.8 Å². The highest BCUT2D eigenvalue weighted by atomic mass is 19.1. The molecular formula is C29H32FN5O5. The molecule has 210 valence electrons. The van der Waals surface area contributed by atoms with Gasteiger partial charge in [-0.25, -0.2) is 4.39 Å². The molecule has 0 aromatic heterocycles. The molecule has 3 fully saturated rings. The van der Waals surface area contributed by atoms with Crippen molar-refractivity contribution in [2.75, 3.05) is 44.7 Å². The first-order chi connectivity index (χ1) is 19.4. The number of nitrogens with zero attached hydrogens (tertiary/aromatic N) is 3. The summed E-state index contributed by atoms with van der Waals surface area (Å²) >= 11 is 0. The second-order valence-electron chi connectivity index (χ2n) is 10.9. The summed E-state index contributed by atoms with van der Waals surface area (Å²) in [7, 11) is 0. The standard InChI is InChI=1S/C29H32FN5O5/c30-23-12-18(15-33-16-21(17-33)34-8-10-40-11-9-34)4-5-19(23)14-31-24-3-1-2-22-27(24)29(39)35(28(22)38)20-6-7-25(36)32-26(37)13-20/h1-5,12,20-21,31H,6-11,13-17H2,(H,32,36,37)/t20-/m0/s1. The number of carbonyl (C=O) groups is 4. The van der Waals surface area contributed by atoms with E-state index < -0.39 is 29.7 Å². The lowest BCUT2D eigenvalue weighted by molar-refractivity contribution is -0.129. The van der Waals surface area contributed by atoms with Gasteiger partial charge in [-0.1, -0.05) is 18.2 Å². The van der Waals surface area contributed by atoms with Crippen LogP contribution in [0.1, 0.15) is 51.1 Å². The highest BCUT2D eigenvalue weighted by Gasteiger charge is 2.43. The van der Waals surface area contributed by atoms with Crippen LogP contribution in [0.15, 0.2) is 36.4 Å². The molecule has 0 radical (unpaired) electrons. The van der Waals surface area contributed by atoms with Gasteiger partial charge < -0.3 is 10.1 Å². The van der Waals surface area contributed by atoms with E-state index in [1.807, 2.05) is 6.07 Å². The van der Waals surface area contributed by atoms with Crippen LogP contribution in [0.4, 0.5) is 10.1 Å². The summed E-state index contributed by atoms with van der Waals surface area (Å²) < 4.78 is 20.5. The van der Waals surface area contributed by atoms with Crippen LogP contribution in [0.2, 0.25) is 0 Å². The van der Waals surface area contributed by atoms with E-state index in [1.54, 1.807) is 30.3 Å². The minimum absolute atomic E-state index is 0.0520. The molecule has 40 heavy (non-hydrogen) atoms. The average molecular weight is 550 g/mol. The van der Waals surface area contributed by atoms with Crippen LogP contribution in [0.3, 0.4) is 0 Å². The third-order valence-corrected chi connectivity index (χ3v) is 8.21. The van der Waals surface area contributed by atoms with Crippen LogP contribution < -0.4 is 10.6 Å². The number of morpholine rings is 1. The number of benzene rings is 2. The molecule has 4 amide bonds. The van der Waals surface area contributed by atoms with E-state index >= 15 is 4.39 Å². The number of likely N-dealkylation sites (tertiary alicyclic amines) is 1. The van der Waals surface area contributed by atoms with Crippen LogP contribution in [0.5, 0.6) is 0 Å². The van der Waals surface area contributed by atoms with E-state index in [4.69, 9.17) is 4.74 Å². The summed E-state index contributed by atoms with van der Waals surface area (Å²) in [5.41, 5.74) is 2.21. The van der Waals surface area contributed by atoms with Crippen molar-refractivity contribution in [3.05, 3.63) is 64.5 Å². The summed E-state index contributed by atoms with van der Waals surface area (Å²) in [4.78, 5) is 56.2. The van der Waals surface area contributed by atoms with Crippen molar-refractivity contribution in [1.82, 2.24) is 20.0 Å². The van der Waals surface area contributed by atoms with Crippen molar-refractivity contribution in [1.29, 1.82) is 0 Å². The quantitative estimate of drug-likeness (QED) is 0.503. The lowest BCUT2D eigenvalue weighted by atomic mass is 10.0. The van der Waals surface area contributed by atoms with Gasteiger partial charge in [0.1, 0.15) is 5.82 Å². The predicted octanol–water partition coefficient (Wildman–Crippen LogP) is 1.75. The first kappa shape index (κ1) is 26.5. The minimum atomic E-state index is -0.702. The van der Waals surface area contributed by atoms with Crippen molar-refractivity contribution in [2.24, 2.45) is 0 Å². The average Bonchev–Trinajstić information content (AvgIpc) is 3.05. The Balaban J connectivity index is 1.09. The molecule has 2 N–H and O–H groups in total. The molecule has 4 aliphatic heterocycles. The molecule has 0 saturated carbocycles. The van der Waals surface area contributed by atoms with Gasteiger partial charge in [0, 0.05) is 75.4 Å². The van der Waals surface area contributed by atoms with E-state index in [1.165, 1.54) is 0 Å². The molecule has 11 heteroatoms. The first-order valence-corrected chi connectivity index (χ1v) is 13.8. The Hall–Kier alpha value is -3.67. The molecule has 0 aliphatic carbocycles. The zero-order chi connectivity index (χ0) is 27.8. The lowest BCUT2D eigenvalue weighted by Gasteiger charge is -2.46. The van der Waals surface area contributed by atoms with Gasteiger partial charge in [0.15, 0.2) is 0 Å². The number of hydrogen-bond acceptors (Lipinski definition) is 8. The highest BCUT2D eigenvalue weighted by molar-refractivity contribution is 6.24. The second-order valence-corrected chi connectivity index (χ2v) is 10.9. The van der Waals surface area contributed by atoms with Crippen LogP contribution in [0, 0.1) is 5.82 Å². The third kappa shape index (κ3) is 5.24. The minimum Gasteiger partial charge on any atom is -0.380 e. The predicted molar refractivity (Wildman–Crippen MR) is 143 cm³/mol. The monoisotopic (exact) mass is 549 g/mol. The molecule has 0 spiro atoms. The Labute approximate surface area is 231 Å². The Kier molecular flexibility index (Phi) is 7.35. The lowest BCUT2D eigenvalue weighted by Crippen LogP contribution is -2.60. The molecule has 6 rings (SSSR count). The molecule has 0 unspecified atom stereocenters. The second kappa shape index (κ2) is 11.1. The van der Waals surface area contributed by atoms with Gasteiger partial charge in [0.05, 0.1) is 24.3 Å². The van der Waals surface area contributed by atoms with Crippen molar-refractivity contribution in [2.45, 2.75) is 44.4 Å². The third-order valence-electron chi connectivity index (χ3n) is 8.21. The molecule has 4 aliphatic rings. The fourth-order valence-corrected chi connectivity index (χ4v) is 6.01. The van der Waals surface area contributed by atoms with Gasteiger partial charge in [-0.05, 0) is 30.2 Å². The smallest absolute Gasteiger partial charge is 0.263 e. The summed E-state index contributed by atoms with van der Waals surface area (Å²) in [6, 6.07) is 9.98. The number of amides is 4. The van der Waals surface area contributed by atoms with Crippen LogP contribution in [-0.4, -0.2) is 89.8 Å². The summed E-state index contributed by atoms with van der Waals surface area (Å²) in [6.45, 7) is 6.26. The van der Waals surface area contributed by atoms with E-state index in [0.29, 0.717) is 23.8 Å². The fraction of sp³-hybridized carbons (Fsp3) is 0.448. The maximum atomic E-state index is 15.0. The molecule has 2 aromatic rings. The Morgan fingerprint density at radius 1 is 0.975 bits per heavy atom. The zero-order valence-corrected chi connectivity index (χ0v) is 22.2. The Bertz CT molecular complexity index is 1350. The van der Waals surface area contributed by atoms with E-state index in [9.17, 15) is 19.2 Å². The van der Waals surface area contributed by atoms with Gasteiger partial charge in [-0.3, -0.25) is 39.2 Å². The van der Waals surface area contributed by atoms with Gasteiger partial charge in [0.2, 0.25) is 11.8 Å². The summed E-state index contributed by atoms with van der Waals surface area (Å²) in [6.07, 6.45) is 0.147.